The van der Waals surface area contributed by atoms with Crippen LogP contribution in [-0.4, -0.2) is 165 Å². The molecule has 72 heavy (non-hydrogen) atoms. The van der Waals surface area contributed by atoms with Gasteiger partial charge in [0.25, 0.3) is 40.5 Å². The van der Waals surface area contributed by atoms with Gasteiger partial charge >= 0.3 is 0 Å². The van der Waals surface area contributed by atoms with Crippen molar-refractivity contribution in [1.29, 1.82) is 0 Å². The van der Waals surface area contributed by atoms with Gasteiger partial charge in [-0.05, 0) is 60.2 Å². The summed E-state index contributed by atoms with van der Waals surface area (Å²) in [6.45, 7) is -2.79. The predicted octanol–water partition coefficient (Wildman–Crippen LogP) is 0.601. The lowest BCUT2D eigenvalue weighted by atomic mass is 9.86. The highest BCUT2D eigenvalue weighted by atomic mass is 32.3. The number of aliphatic hydroxyl groups is 4. The van der Waals surface area contributed by atoms with Crippen LogP contribution in [0.3, 0.4) is 0 Å². The van der Waals surface area contributed by atoms with Crippen LogP contribution in [0, 0.1) is 5.92 Å². The maximum Gasteiger partial charge on any atom is 0.294 e. The van der Waals surface area contributed by atoms with E-state index in [1.807, 2.05) is 0 Å². The summed E-state index contributed by atoms with van der Waals surface area (Å²) in [5.41, 5.74) is -1.78. The molecule has 2 aromatic heterocycles. The SMILES string of the molecule is O=S(=O)(O)c1ccc(Nc2nc(NC3(Nc4nc(Nc5ccc(S(=O)(=O)O)cc5)nc(N(CCO)CCO)n4)C=CC(C=Cc4ccccc4)C(S(=O)(=O)O)(S(=O)(=O)O)C3)nc(N(CCO)CCO)n2)cc1. The molecular formula is C40H48N12O16S4. The van der Waals surface area contributed by atoms with Crippen LogP contribution in [-0.2, 0) is 40.5 Å². The van der Waals surface area contributed by atoms with Crippen LogP contribution < -0.4 is 31.1 Å². The molecule has 0 radical (unpaired) electrons. The van der Waals surface area contributed by atoms with Crippen molar-refractivity contribution in [2.45, 2.75) is 26.0 Å². The van der Waals surface area contributed by atoms with Crippen molar-refractivity contribution in [3.8, 4) is 0 Å². The van der Waals surface area contributed by atoms with Gasteiger partial charge < -0.3 is 51.5 Å². The summed E-state index contributed by atoms with van der Waals surface area (Å²) in [4.78, 5) is 27.9. The molecule has 12 N–H and O–H groups in total. The first kappa shape index (κ1) is 54.8. The van der Waals surface area contributed by atoms with Gasteiger partial charge in [-0.25, -0.2) is 0 Å². The Morgan fingerprint density at radius 3 is 1.29 bits per heavy atom. The molecule has 1 atom stereocenters. The molecule has 388 valence electrons. The number of rotatable bonds is 24. The summed E-state index contributed by atoms with van der Waals surface area (Å²) in [6.07, 6.45) is 3.30. The fraction of sp³-hybridized carbons (Fsp3) is 0.300. The van der Waals surface area contributed by atoms with Gasteiger partial charge in [-0.1, -0.05) is 48.6 Å². The summed E-state index contributed by atoms with van der Waals surface area (Å²) in [6, 6.07) is 17.3. The van der Waals surface area contributed by atoms with E-state index in [1.165, 1.54) is 46.2 Å². The number of allylic oxidation sites excluding steroid dienone is 2. The van der Waals surface area contributed by atoms with E-state index in [9.17, 15) is 72.3 Å². The Labute approximate surface area is 412 Å². The third-order valence-electron chi connectivity index (χ3n) is 10.6. The first-order valence-corrected chi connectivity index (χ1v) is 26.8. The fourth-order valence-electron chi connectivity index (χ4n) is 7.25. The van der Waals surface area contributed by atoms with Gasteiger partial charge in [-0.15, -0.1) is 0 Å². The Morgan fingerprint density at radius 2 is 0.931 bits per heavy atom. The molecule has 0 aliphatic heterocycles. The van der Waals surface area contributed by atoms with Crippen molar-refractivity contribution >= 4 is 93.6 Å². The molecule has 28 nitrogen and oxygen atoms in total. The van der Waals surface area contributed by atoms with E-state index < -0.39 is 111 Å². The molecule has 2 heterocycles. The molecule has 0 saturated heterocycles. The smallest absolute Gasteiger partial charge is 0.294 e. The summed E-state index contributed by atoms with van der Waals surface area (Å²) in [7, 11) is -21.1. The Kier molecular flexibility index (Phi) is 17.1. The quantitative estimate of drug-likeness (QED) is 0.0229. The zero-order chi connectivity index (χ0) is 52.5. The van der Waals surface area contributed by atoms with Gasteiger partial charge in [0.05, 0.1) is 36.2 Å². The highest BCUT2D eigenvalue weighted by Gasteiger charge is 2.64. The van der Waals surface area contributed by atoms with Crippen molar-refractivity contribution < 1.29 is 72.3 Å². The minimum atomic E-state index is -5.95. The van der Waals surface area contributed by atoms with Crippen molar-refractivity contribution in [3.63, 3.8) is 0 Å². The van der Waals surface area contributed by atoms with Crippen molar-refractivity contribution in [1.82, 2.24) is 29.9 Å². The van der Waals surface area contributed by atoms with E-state index >= 15 is 0 Å². The first-order chi connectivity index (χ1) is 33.9. The molecule has 5 aromatic rings. The molecule has 3 aromatic carbocycles. The maximum absolute atomic E-state index is 13.8. The zero-order valence-electron chi connectivity index (χ0n) is 37.3. The molecule has 0 fully saturated rings. The van der Waals surface area contributed by atoms with Crippen LogP contribution in [0.25, 0.3) is 6.08 Å². The summed E-state index contributed by atoms with van der Waals surface area (Å²) < 4.78 is 140. The highest BCUT2D eigenvalue weighted by molar-refractivity contribution is 8.05. The van der Waals surface area contributed by atoms with E-state index in [1.54, 1.807) is 30.3 Å². The Hall–Kier alpha value is -6.56. The van der Waals surface area contributed by atoms with Crippen LogP contribution in [0.5, 0.6) is 0 Å². The third kappa shape index (κ3) is 13.3. The van der Waals surface area contributed by atoms with E-state index in [0.717, 1.165) is 36.4 Å². The van der Waals surface area contributed by atoms with Crippen molar-refractivity contribution in [3.05, 3.63) is 103 Å². The molecule has 32 heteroatoms. The summed E-state index contributed by atoms with van der Waals surface area (Å²) >= 11 is 0. The largest absolute Gasteiger partial charge is 0.395 e. The number of hydrogen-bond donors (Lipinski definition) is 12. The standard InChI is InChI=1S/C40H48N12O16S4/c53-22-18-51(19-23-54)37-45-33(41-29-8-12-31(13-9-29)69(57,58)59)43-35(47-37)49-39(17-16-28(7-6-27-4-2-1-3-5-27)40(26-39,71(63,64)65)72(66,67)68)50-36-44-34(46-38(48-36)52(20-24-55)21-25-56)42-30-10-14-32(15-11-30)70(60,61)62/h1-17,28,53-56H,18-26H2,(H,57,58,59)(H,60,61,62)(H,63,64,65)(H,66,67,68)(H2,41,43,45,47,49)(H2,42,44,46,48,50). The lowest BCUT2D eigenvalue weighted by Crippen LogP contribution is -2.62. The predicted molar refractivity (Wildman–Crippen MR) is 260 cm³/mol. The second-order valence-corrected chi connectivity index (χ2v) is 22.0. The monoisotopic (exact) mass is 1080 g/mol. The minimum absolute atomic E-state index is 0.122. The van der Waals surface area contributed by atoms with Gasteiger partial charge in [0.1, 0.15) is 5.66 Å². The Morgan fingerprint density at radius 1 is 0.542 bits per heavy atom. The summed E-state index contributed by atoms with van der Waals surface area (Å²) in [5, 5.41) is 51.0. The topological polar surface area (TPSA) is 430 Å². The van der Waals surface area contributed by atoms with Gasteiger partial charge in [0, 0.05) is 49.9 Å². The second-order valence-electron chi connectivity index (χ2n) is 15.5. The average molecular weight is 1080 g/mol. The van der Waals surface area contributed by atoms with E-state index in [4.69, 9.17) is 0 Å². The summed E-state index contributed by atoms with van der Waals surface area (Å²) in [5.74, 6) is -4.23. The van der Waals surface area contributed by atoms with Crippen LogP contribution >= 0.6 is 0 Å². The molecule has 0 spiro atoms. The number of anilines is 8. The molecule has 0 bridgehead atoms. The number of benzene rings is 3. The number of aromatic nitrogens is 6. The normalized spacial score (nSPS) is 15.8. The lowest BCUT2D eigenvalue weighted by Gasteiger charge is -2.44. The zero-order valence-corrected chi connectivity index (χ0v) is 40.6. The first-order valence-electron chi connectivity index (χ1n) is 21.0. The minimum Gasteiger partial charge on any atom is -0.395 e. The second kappa shape index (κ2) is 22.5. The average Bonchev–Trinajstić information content (AvgIpc) is 3.30. The van der Waals surface area contributed by atoms with Crippen LogP contribution in [0.15, 0.2) is 107 Å². The molecule has 6 rings (SSSR count). The third-order valence-corrected chi connectivity index (χ3v) is 16.1. The van der Waals surface area contributed by atoms with E-state index in [0.29, 0.717) is 5.56 Å². The number of nitrogens with zero attached hydrogens (tertiary/aromatic N) is 8. The van der Waals surface area contributed by atoms with Crippen molar-refractivity contribution in [2.24, 2.45) is 5.92 Å². The lowest BCUT2D eigenvalue weighted by molar-refractivity contribution is 0.279. The fourth-order valence-corrected chi connectivity index (χ4v) is 11.1. The molecule has 0 saturated carbocycles. The Balaban J connectivity index is 1.60. The molecule has 1 aliphatic carbocycles. The number of aliphatic hydroxyl groups excluding tert-OH is 4. The Bertz CT molecular complexity index is 3030. The van der Waals surface area contributed by atoms with Gasteiger partial charge in [0.15, 0.2) is 0 Å². The van der Waals surface area contributed by atoms with E-state index in [2.05, 4.69) is 51.2 Å². The number of hydrogen-bond acceptors (Lipinski definition) is 24. The van der Waals surface area contributed by atoms with Gasteiger partial charge in [0.2, 0.25) is 39.8 Å². The van der Waals surface area contributed by atoms with E-state index in [-0.39, 0.29) is 61.3 Å². The molecule has 0 amide bonds. The molecule has 1 aliphatic rings. The van der Waals surface area contributed by atoms with Crippen molar-refractivity contribution in [2.75, 3.05) is 83.7 Å². The van der Waals surface area contributed by atoms with Gasteiger partial charge in [-0.3, -0.25) is 18.2 Å². The van der Waals surface area contributed by atoms with Crippen LogP contribution in [0.1, 0.15) is 12.0 Å². The molecular weight excluding hydrogens is 1030 g/mol. The maximum atomic E-state index is 13.8. The molecule has 1 unspecified atom stereocenters. The number of nitrogens with one attached hydrogen (secondary N) is 4. The van der Waals surface area contributed by atoms with Crippen LogP contribution in [0.4, 0.5) is 47.1 Å². The van der Waals surface area contributed by atoms with Gasteiger partial charge in [-0.2, -0.15) is 63.6 Å². The highest BCUT2D eigenvalue weighted by Crippen LogP contribution is 2.46. The van der Waals surface area contributed by atoms with Crippen LogP contribution in [0.2, 0.25) is 0 Å².